The number of thioether (sulfide) groups is 1. The van der Waals surface area contributed by atoms with Gasteiger partial charge in [-0.15, -0.1) is 11.3 Å². The Labute approximate surface area is 132 Å². The first-order valence-electron chi connectivity index (χ1n) is 7.13. The lowest BCUT2D eigenvalue weighted by atomic mass is 9.98. The average Bonchev–Trinajstić information content (AvgIpc) is 2.95. The van der Waals surface area contributed by atoms with Crippen LogP contribution >= 0.6 is 23.1 Å². The summed E-state index contributed by atoms with van der Waals surface area (Å²) in [7, 11) is 0. The van der Waals surface area contributed by atoms with E-state index >= 15 is 0 Å². The molecule has 0 aliphatic carbocycles. The third-order valence-corrected chi connectivity index (χ3v) is 5.98. The lowest BCUT2D eigenvalue weighted by molar-refractivity contribution is -0.129. The number of carbonyl (C=O) groups excluding carboxylic acids is 1. The Morgan fingerprint density at radius 1 is 1.38 bits per heavy atom. The predicted molar refractivity (Wildman–Crippen MR) is 86.7 cm³/mol. The molecule has 0 bridgehead atoms. The van der Waals surface area contributed by atoms with E-state index in [1.807, 2.05) is 23.1 Å². The minimum atomic E-state index is 0.177. The van der Waals surface area contributed by atoms with Crippen LogP contribution in [-0.2, 0) is 4.79 Å². The number of fused-ring (bicyclic) bond motifs is 1. The SMILES string of the molecule is O=C(CSc1nc2ccccc2s1)N1CCC(CO)CC1. The Morgan fingerprint density at radius 3 is 2.86 bits per heavy atom. The Morgan fingerprint density at radius 2 is 2.14 bits per heavy atom. The van der Waals surface area contributed by atoms with E-state index in [-0.39, 0.29) is 12.5 Å². The van der Waals surface area contributed by atoms with Crippen LogP contribution in [0.2, 0.25) is 0 Å². The fraction of sp³-hybridized carbons (Fsp3) is 0.467. The highest BCUT2D eigenvalue weighted by Gasteiger charge is 2.22. The molecule has 0 saturated carbocycles. The van der Waals surface area contributed by atoms with Gasteiger partial charge in [-0.1, -0.05) is 23.9 Å². The summed E-state index contributed by atoms with van der Waals surface area (Å²) in [5, 5.41) is 9.12. The largest absolute Gasteiger partial charge is 0.396 e. The molecule has 1 aliphatic rings. The molecule has 6 heteroatoms. The summed E-state index contributed by atoms with van der Waals surface area (Å²) in [5.41, 5.74) is 1.00. The van der Waals surface area contributed by atoms with Gasteiger partial charge in [0, 0.05) is 19.7 Å². The number of thiazole rings is 1. The van der Waals surface area contributed by atoms with Crippen molar-refractivity contribution >= 4 is 39.2 Å². The van der Waals surface area contributed by atoms with Gasteiger partial charge in [-0.25, -0.2) is 4.98 Å². The molecule has 21 heavy (non-hydrogen) atoms. The van der Waals surface area contributed by atoms with Gasteiger partial charge in [-0.2, -0.15) is 0 Å². The van der Waals surface area contributed by atoms with Crippen molar-refractivity contribution in [2.45, 2.75) is 17.2 Å². The van der Waals surface area contributed by atoms with E-state index in [0.29, 0.717) is 11.7 Å². The van der Waals surface area contributed by atoms with Crippen LogP contribution in [0.5, 0.6) is 0 Å². The molecular formula is C15H18N2O2S2. The maximum Gasteiger partial charge on any atom is 0.233 e. The minimum absolute atomic E-state index is 0.177. The van der Waals surface area contributed by atoms with Crippen molar-refractivity contribution in [3.63, 3.8) is 0 Å². The zero-order chi connectivity index (χ0) is 14.7. The molecule has 1 aromatic heterocycles. The van der Waals surface area contributed by atoms with Gasteiger partial charge < -0.3 is 10.0 Å². The van der Waals surface area contributed by atoms with Crippen molar-refractivity contribution in [1.29, 1.82) is 0 Å². The van der Waals surface area contributed by atoms with Gasteiger partial charge in [-0.05, 0) is 30.9 Å². The molecule has 1 N–H and O–H groups in total. The topological polar surface area (TPSA) is 53.4 Å². The van der Waals surface area contributed by atoms with Crippen LogP contribution in [0, 0.1) is 5.92 Å². The molecule has 1 aromatic carbocycles. The first-order valence-corrected chi connectivity index (χ1v) is 8.93. The molecule has 1 aliphatic heterocycles. The summed E-state index contributed by atoms with van der Waals surface area (Å²) >= 11 is 3.16. The monoisotopic (exact) mass is 322 g/mol. The van der Waals surface area contributed by atoms with Crippen molar-refractivity contribution < 1.29 is 9.90 Å². The van der Waals surface area contributed by atoms with Gasteiger partial charge in [-0.3, -0.25) is 4.79 Å². The number of carbonyl (C=O) groups is 1. The third-order valence-electron chi connectivity index (χ3n) is 3.82. The number of benzene rings is 1. The van der Waals surface area contributed by atoms with Gasteiger partial charge in [0.15, 0.2) is 4.34 Å². The molecule has 0 spiro atoms. The number of rotatable bonds is 4. The van der Waals surface area contributed by atoms with Crippen molar-refractivity contribution in [3.05, 3.63) is 24.3 Å². The van der Waals surface area contributed by atoms with Crippen LogP contribution in [-0.4, -0.2) is 46.3 Å². The molecule has 112 valence electrons. The number of piperidine rings is 1. The summed E-state index contributed by atoms with van der Waals surface area (Å²) in [6.45, 7) is 1.78. The first-order chi connectivity index (χ1) is 10.3. The molecule has 2 aromatic rings. The van der Waals surface area contributed by atoms with Crippen molar-refractivity contribution in [3.8, 4) is 0 Å². The number of nitrogens with zero attached hydrogens (tertiary/aromatic N) is 2. The van der Waals surface area contributed by atoms with Crippen LogP contribution < -0.4 is 0 Å². The molecule has 4 nitrogen and oxygen atoms in total. The number of aliphatic hydroxyl groups excluding tert-OH is 1. The van der Waals surface area contributed by atoms with Crippen LogP contribution in [0.3, 0.4) is 0 Å². The fourth-order valence-corrected chi connectivity index (χ4v) is 4.46. The molecule has 0 unspecified atom stereocenters. The average molecular weight is 322 g/mol. The van der Waals surface area contributed by atoms with Crippen LogP contribution in [0.1, 0.15) is 12.8 Å². The number of aromatic nitrogens is 1. The predicted octanol–water partition coefficient (Wildman–Crippen LogP) is 2.62. The number of likely N-dealkylation sites (tertiary alicyclic amines) is 1. The highest BCUT2D eigenvalue weighted by molar-refractivity contribution is 8.01. The molecular weight excluding hydrogens is 304 g/mol. The number of hydrogen-bond acceptors (Lipinski definition) is 5. The Bertz CT molecular complexity index is 588. The fourth-order valence-electron chi connectivity index (χ4n) is 2.49. The van der Waals surface area contributed by atoms with Gasteiger partial charge >= 0.3 is 0 Å². The van der Waals surface area contributed by atoms with Crippen LogP contribution in [0.4, 0.5) is 0 Å². The molecule has 1 fully saturated rings. The highest BCUT2D eigenvalue weighted by Crippen LogP contribution is 2.29. The highest BCUT2D eigenvalue weighted by atomic mass is 32.2. The minimum Gasteiger partial charge on any atom is -0.396 e. The van der Waals surface area contributed by atoms with Gasteiger partial charge in [0.2, 0.25) is 5.91 Å². The Kier molecular flexibility index (Phi) is 4.77. The molecule has 0 atom stereocenters. The van der Waals surface area contributed by atoms with Gasteiger partial charge in [0.1, 0.15) is 0 Å². The van der Waals surface area contributed by atoms with Crippen molar-refractivity contribution in [2.24, 2.45) is 5.92 Å². The normalized spacial score (nSPS) is 16.5. The number of hydrogen-bond donors (Lipinski definition) is 1. The van der Waals surface area contributed by atoms with E-state index in [0.717, 1.165) is 40.5 Å². The maximum atomic E-state index is 12.2. The van der Waals surface area contributed by atoms with E-state index in [9.17, 15) is 4.79 Å². The lowest BCUT2D eigenvalue weighted by Gasteiger charge is -2.31. The van der Waals surface area contributed by atoms with E-state index < -0.39 is 0 Å². The molecule has 2 heterocycles. The standard InChI is InChI=1S/C15H18N2O2S2/c18-9-11-5-7-17(8-6-11)14(19)10-20-15-16-12-3-1-2-4-13(12)21-15/h1-4,11,18H,5-10H2. The zero-order valence-corrected chi connectivity index (χ0v) is 13.3. The molecule has 0 radical (unpaired) electrons. The molecule has 1 saturated heterocycles. The zero-order valence-electron chi connectivity index (χ0n) is 11.7. The summed E-state index contributed by atoms with van der Waals surface area (Å²) in [5.74, 6) is 0.991. The first kappa shape index (κ1) is 14.8. The number of aliphatic hydroxyl groups is 1. The van der Waals surface area contributed by atoms with E-state index in [2.05, 4.69) is 11.1 Å². The summed E-state index contributed by atoms with van der Waals surface area (Å²) in [6, 6.07) is 8.04. The summed E-state index contributed by atoms with van der Waals surface area (Å²) < 4.78 is 2.12. The Hall–Kier alpha value is -1.11. The number of amides is 1. The second-order valence-corrected chi connectivity index (χ2v) is 7.50. The summed E-state index contributed by atoms with van der Waals surface area (Å²) in [4.78, 5) is 18.6. The van der Waals surface area contributed by atoms with Crippen LogP contribution in [0.25, 0.3) is 10.2 Å². The van der Waals surface area contributed by atoms with E-state index in [1.165, 1.54) is 11.8 Å². The maximum absolute atomic E-state index is 12.2. The van der Waals surface area contributed by atoms with Crippen molar-refractivity contribution in [1.82, 2.24) is 9.88 Å². The molecule has 3 rings (SSSR count). The lowest BCUT2D eigenvalue weighted by Crippen LogP contribution is -2.40. The van der Waals surface area contributed by atoms with Gasteiger partial charge in [0.25, 0.3) is 0 Å². The number of para-hydroxylation sites is 1. The second-order valence-electron chi connectivity index (χ2n) is 5.24. The molecule has 1 amide bonds. The van der Waals surface area contributed by atoms with Crippen LogP contribution in [0.15, 0.2) is 28.6 Å². The van der Waals surface area contributed by atoms with E-state index in [1.54, 1.807) is 11.3 Å². The quantitative estimate of drug-likeness (QED) is 0.879. The third kappa shape index (κ3) is 3.56. The van der Waals surface area contributed by atoms with E-state index in [4.69, 9.17) is 5.11 Å². The Balaban J connectivity index is 1.54. The second kappa shape index (κ2) is 6.77. The van der Waals surface area contributed by atoms with Crippen molar-refractivity contribution in [2.75, 3.05) is 25.4 Å². The smallest absolute Gasteiger partial charge is 0.233 e. The summed E-state index contributed by atoms with van der Waals surface area (Å²) in [6.07, 6.45) is 1.82. The van der Waals surface area contributed by atoms with Gasteiger partial charge in [0.05, 0.1) is 16.0 Å².